The van der Waals surface area contributed by atoms with E-state index in [9.17, 15) is 10.2 Å². The first kappa shape index (κ1) is 16.0. The van der Waals surface area contributed by atoms with Crippen molar-refractivity contribution in [3.05, 3.63) is 23.8 Å². The number of nitrogens with zero attached hydrogens (tertiary/aromatic N) is 1. The van der Waals surface area contributed by atoms with E-state index in [1.54, 1.807) is 0 Å². The third-order valence-electron chi connectivity index (χ3n) is 4.51. The Morgan fingerprint density at radius 3 is 2.52 bits per heavy atom. The Labute approximate surface area is 125 Å². The lowest BCUT2D eigenvalue weighted by Gasteiger charge is -2.36. The molecule has 1 heterocycles. The lowest BCUT2D eigenvalue weighted by Crippen LogP contribution is -2.71. The highest BCUT2D eigenvalue weighted by Gasteiger charge is 2.40. The Balaban J connectivity index is 2.36. The summed E-state index contributed by atoms with van der Waals surface area (Å²) in [6.45, 7) is 1.96. The molecule has 1 aliphatic rings. The SMILES string of the molecule is Cc1cc(N2C(C(N)CO)CCC2C([NH3+])CO)ccc1N. The molecular weight excluding hydrogens is 268 g/mol. The van der Waals surface area contributed by atoms with Gasteiger partial charge in [0.2, 0.25) is 0 Å². The zero-order valence-corrected chi connectivity index (χ0v) is 12.6. The van der Waals surface area contributed by atoms with Crippen molar-refractivity contribution in [2.24, 2.45) is 5.73 Å². The van der Waals surface area contributed by atoms with E-state index in [1.165, 1.54) is 0 Å². The van der Waals surface area contributed by atoms with Crippen molar-refractivity contribution < 1.29 is 15.9 Å². The zero-order chi connectivity index (χ0) is 15.6. The molecule has 1 aromatic carbocycles. The third kappa shape index (κ3) is 3.13. The van der Waals surface area contributed by atoms with E-state index in [2.05, 4.69) is 10.6 Å². The lowest BCUT2D eigenvalue weighted by molar-refractivity contribution is -0.429. The molecule has 1 aromatic rings. The van der Waals surface area contributed by atoms with Gasteiger partial charge in [-0.25, -0.2) is 0 Å². The topological polar surface area (TPSA) is 123 Å². The molecule has 0 spiro atoms. The summed E-state index contributed by atoms with van der Waals surface area (Å²) in [4.78, 5) is 2.21. The van der Waals surface area contributed by atoms with E-state index >= 15 is 0 Å². The number of aliphatic hydroxyl groups is 2. The monoisotopic (exact) mass is 295 g/mol. The molecule has 6 heteroatoms. The highest BCUT2D eigenvalue weighted by molar-refractivity contribution is 5.60. The fraction of sp³-hybridized carbons (Fsp3) is 0.600. The summed E-state index contributed by atoms with van der Waals surface area (Å²) in [5.74, 6) is 0. The van der Waals surface area contributed by atoms with Crippen LogP contribution in [0.2, 0.25) is 0 Å². The Kier molecular flexibility index (Phi) is 5.05. The number of nitrogens with two attached hydrogens (primary N) is 2. The molecule has 1 saturated heterocycles. The molecule has 0 radical (unpaired) electrons. The second-order valence-corrected chi connectivity index (χ2v) is 5.95. The van der Waals surface area contributed by atoms with Gasteiger partial charge < -0.3 is 32.3 Å². The minimum atomic E-state index is -0.307. The van der Waals surface area contributed by atoms with Crippen LogP contribution in [0.15, 0.2) is 18.2 Å². The standard InChI is InChI=1S/C15H26N4O2/c1-9-6-10(2-3-11(9)16)19-14(12(17)7-20)4-5-15(19)13(18)8-21/h2-3,6,12-15,20-21H,4-5,7-8,16-18H2,1H3/p+1. The maximum atomic E-state index is 9.45. The van der Waals surface area contributed by atoms with Gasteiger partial charge >= 0.3 is 0 Å². The normalized spacial score (nSPS) is 25.1. The molecule has 1 aliphatic heterocycles. The van der Waals surface area contributed by atoms with Crippen LogP contribution < -0.4 is 22.1 Å². The maximum Gasteiger partial charge on any atom is 0.128 e. The Hall–Kier alpha value is -1.34. The van der Waals surface area contributed by atoms with Gasteiger partial charge in [-0.15, -0.1) is 0 Å². The average Bonchev–Trinajstić information content (AvgIpc) is 2.93. The van der Waals surface area contributed by atoms with E-state index in [0.717, 1.165) is 29.8 Å². The predicted molar refractivity (Wildman–Crippen MR) is 83.7 cm³/mol. The van der Waals surface area contributed by atoms with Crippen LogP contribution in [0.3, 0.4) is 0 Å². The van der Waals surface area contributed by atoms with Crippen molar-refractivity contribution >= 4 is 11.4 Å². The second kappa shape index (κ2) is 6.62. The van der Waals surface area contributed by atoms with Gasteiger partial charge in [0.05, 0.1) is 19.3 Å². The molecule has 2 rings (SSSR count). The number of anilines is 2. The van der Waals surface area contributed by atoms with Gasteiger partial charge in [0.1, 0.15) is 6.04 Å². The number of benzene rings is 1. The predicted octanol–water partition coefficient (Wildman–Crippen LogP) is -1.16. The van der Waals surface area contributed by atoms with Crippen LogP contribution in [0.1, 0.15) is 18.4 Å². The summed E-state index contributed by atoms with van der Waals surface area (Å²) in [6.07, 6.45) is 1.80. The van der Waals surface area contributed by atoms with Crippen LogP contribution >= 0.6 is 0 Å². The van der Waals surface area contributed by atoms with E-state index in [4.69, 9.17) is 11.5 Å². The summed E-state index contributed by atoms with van der Waals surface area (Å²) in [5.41, 5.74) is 18.8. The summed E-state index contributed by atoms with van der Waals surface area (Å²) < 4.78 is 0. The summed E-state index contributed by atoms with van der Waals surface area (Å²) in [6, 6.07) is 5.69. The number of hydrogen-bond acceptors (Lipinski definition) is 5. The minimum Gasteiger partial charge on any atom is -0.399 e. The first-order chi connectivity index (χ1) is 9.99. The highest BCUT2D eigenvalue weighted by atomic mass is 16.3. The van der Waals surface area contributed by atoms with Crippen LogP contribution in [0, 0.1) is 6.92 Å². The van der Waals surface area contributed by atoms with Crippen molar-refractivity contribution in [2.75, 3.05) is 23.8 Å². The van der Waals surface area contributed by atoms with Gasteiger partial charge in [-0.05, 0) is 43.5 Å². The van der Waals surface area contributed by atoms with Gasteiger partial charge in [0.25, 0.3) is 0 Å². The number of hydrogen-bond donors (Lipinski definition) is 5. The van der Waals surface area contributed by atoms with Crippen LogP contribution in [0.4, 0.5) is 11.4 Å². The van der Waals surface area contributed by atoms with Gasteiger partial charge in [-0.2, -0.15) is 0 Å². The van der Waals surface area contributed by atoms with E-state index < -0.39 is 0 Å². The molecule has 0 bridgehead atoms. The van der Waals surface area contributed by atoms with Gasteiger partial charge in [-0.3, -0.25) is 0 Å². The van der Waals surface area contributed by atoms with Crippen LogP contribution in [-0.4, -0.2) is 47.6 Å². The molecule has 4 unspecified atom stereocenters. The van der Waals surface area contributed by atoms with Crippen molar-refractivity contribution in [1.29, 1.82) is 0 Å². The molecule has 0 aliphatic carbocycles. The quantitative estimate of drug-likeness (QED) is 0.438. The Bertz CT molecular complexity index is 465. The van der Waals surface area contributed by atoms with Gasteiger partial charge in [0.15, 0.2) is 0 Å². The molecule has 21 heavy (non-hydrogen) atoms. The maximum absolute atomic E-state index is 9.45. The summed E-state index contributed by atoms with van der Waals surface area (Å²) in [7, 11) is 0. The molecule has 9 N–H and O–H groups in total. The average molecular weight is 295 g/mol. The number of aryl methyl sites for hydroxylation is 1. The fourth-order valence-corrected chi connectivity index (χ4v) is 3.20. The van der Waals surface area contributed by atoms with Crippen LogP contribution in [0.5, 0.6) is 0 Å². The molecule has 1 fully saturated rings. The molecule has 4 atom stereocenters. The van der Waals surface area contributed by atoms with Gasteiger partial charge in [-0.1, -0.05) is 0 Å². The van der Waals surface area contributed by atoms with Crippen LogP contribution in [-0.2, 0) is 0 Å². The molecule has 6 nitrogen and oxygen atoms in total. The number of aliphatic hydroxyl groups excluding tert-OH is 2. The van der Waals surface area contributed by atoms with Crippen molar-refractivity contribution in [1.82, 2.24) is 0 Å². The number of nitrogen functional groups attached to an aromatic ring is 1. The molecule has 0 amide bonds. The Morgan fingerprint density at radius 1 is 1.29 bits per heavy atom. The van der Waals surface area contributed by atoms with E-state index in [-0.39, 0.29) is 37.4 Å². The minimum absolute atomic E-state index is 0.0379. The van der Waals surface area contributed by atoms with Crippen molar-refractivity contribution in [3.63, 3.8) is 0 Å². The summed E-state index contributed by atoms with van der Waals surface area (Å²) in [5, 5.41) is 18.9. The van der Waals surface area contributed by atoms with Gasteiger partial charge in [0, 0.05) is 23.5 Å². The second-order valence-electron chi connectivity index (χ2n) is 5.95. The third-order valence-corrected chi connectivity index (χ3v) is 4.51. The molecule has 0 aromatic heterocycles. The first-order valence-electron chi connectivity index (χ1n) is 7.44. The highest BCUT2D eigenvalue weighted by Crippen LogP contribution is 2.34. The Morgan fingerprint density at radius 2 is 1.95 bits per heavy atom. The largest absolute Gasteiger partial charge is 0.399 e. The smallest absolute Gasteiger partial charge is 0.128 e. The molecular formula is C15H27N4O2+. The zero-order valence-electron chi connectivity index (χ0n) is 12.6. The first-order valence-corrected chi connectivity index (χ1v) is 7.44. The van der Waals surface area contributed by atoms with Crippen molar-refractivity contribution in [2.45, 2.75) is 43.9 Å². The van der Waals surface area contributed by atoms with E-state index in [1.807, 2.05) is 25.1 Å². The number of quaternary nitrogens is 1. The fourth-order valence-electron chi connectivity index (χ4n) is 3.20. The lowest BCUT2D eigenvalue weighted by atomic mass is 10.1. The van der Waals surface area contributed by atoms with E-state index in [0.29, 0.717) is 0 Å². The van der Waals surface area contributed by atoms with Crippen molar-refractivity contribution in [3.8, 4) is 0 Å². The summed E-state index contributed by atoms with van der Waals surface area (Å²) >= 11 is 0. The number of rotatable bonds is 5. The molecule has 0 saturated carbocycles. The molecule has 118 valence electrons. The van der Waals surface area contributed by atoms with Crippen LogP contribution in [0.25, 0.3) is 0 Å².